The highest BCUT2D eigenvalue weighted by Crippen LogP contribution is 2.19. The van der Waals surface area contributed by atoms with E-state index in [-0.39, 0.29) is 19.0 Å². The molecule has 0 nitrogen and oxygen atoms in total. The monoisotopic (exact) mass is 314 g/mol. The zero-order valence-electron chi connectivity index (χ0n) is 13.0. The minimum Gasteiger partial charge on any atom is -0.0696 e. The molecule has 0 radical (unpaired) electrons. The van der Waals surface area contributed by atoms with Crippen LogP contribution in [0.5, 0.6) is 0 Å². The van der Waals surface area contributed by atoms with E-state index in [1.165, 1.54) is 6.04 Å². The van der Waals surface area contributed by atoms with E-state index in [1.807, 2.05) is 0 Å². The summed E-state index contributed by atoms with van der Waals surface area (Å²) in [6, 6.07) is 24.0. The molecule has 0 bridgehead atoms. The molecule has 0 saturated carbocycles. The van der Waals surface area contributed by atoms with Crippen LogP contribution in [0.1, 0.15) is 0 Å². The molecule has 0 saturated heterocycles. The summed E-state index contributed by atoms with van der Waals surface area (Å²) < 4.78 is 0. The molecule has 106 valence electrons. The summed E-state index contributed by atoms with van der Waals surface area (Å²) in [7, 11) is -1.21. The Bertz CT molecular complexity index is 461. The van der Waals surface area contributed by atoms with Gasteiger partial charge in [0.2, 0.25) is 0 Å². The van der Waals surface area contributed by atoms with Crippen LogP contribution in [0.25, 0.3) is 0 Å². The van der Waals surface area contributed by atoms with Crippen LogP contribution < -0.4 is 10.4 Å². The molecule has 3 heteroatoms. The zero-order valence-corrected chi connectivity index (χ0v) is 16.8. The van der Waals surface area contributed by atoms with Crippen LogP contribution in [0, 0.1) is 0 Å². The highest BCUT2D eigenvalue weighted by Gasteiger charge is 2.21. The third-order valence-corrected chi connectivity index (χ3v) is 11.9. The first-order valence-electron chi connectivity index (χ1n) is 7.61. The Balaban J connectivity index is 2.08. The fourth-order valence-electron chi connectivity index (χ4n) is 2.98. The van der Waals surface area contributed by atoms with Crippen molar-refractivity contribution in [2.24, 2.45) is 0 Å². The van der Waals surface area contributed by atoms with Crippen LogP contribution >= 0.6 is 0 Å². The molecule has 2 aromatic carbocycles. The second-order valence-electron chi connectivity index (χ2n) is 7.01. The fraction of sp³-hybridized carbons (Fsp3) is 0.294. The first-order valence-corrected chi connectivity index (χ1v) is 14.4. The molecule has 0 atom stereocenters. The van der Waals surface area contributed by atoms with Gasteiger partial charge in [0.15, 0.2) is 0 Å². The molecule has 2 rings (SSSR count). The van der Waals surface area contributed by atoms with E-state index in [4.69, 9.17) is 0 Å². The third-order valence-electron chi connectivity index (χ3n) is 3.64. The zero-order chi connectivity index (χ0) is 14.4. The van der Waals surface area contributed by atoms with Crippen LogP contribution in [-0.4, -0.2) is 27.1 Å². The Hall–Kier alpha value is -0.909. The largest absolute Gasteiger partial charge is 0.0696 e. The van der Waals surface area contributed by atoms with E-state index in [9.17, 15) is 0 Å². The van der Waals surface area contributed by atoms with E-state index >= 15 is 0 Å². The summed E-state index contributed by atoms with van der Waals surface area (Å²) in [5.41, 5.74) is 0. The molecule has 0 heterocycles. The number of hydrogen-bond donors (Lipinski definition) is 0. The molecule has 0 aliphatic rings. The molecule has 0 aliphatic carbocycles. The standard InChI is InChI=1S/C17H26Si3/c1-20(2,3)14-17(18-15-10-6-4-7-11-15)19-16-12-8-5-9-13-16/h4-13,17H,14,18-19H2,1-3H3. The van der Waals surface area contributed by atoms with Crippen molar-refractivity contribution in [3.8, 4) is 0 Å². The van der Waals surface area contributed by atoms with E-state index in [2.05, 4.69) is 80.3 Å². The first-order chi connectivity index (χ1) is 9.53. The summed E-state index contributed by atoms with van der Waals surface area (Å²) in [6.07, 6.45) is 0. The highest BCUT2D eigenvalue weighted by atomic mass is 28.3. The lowest BCUT2D eigenvalue weighted by molar-refractivity contribution is 1.24. The Kier molecular flexibility index (Phi) is 5.57. The Morgan fingerprint density at radius 2 is 1.15 bits per heavy atom. The Labute approximate surface area is 129 Å². The second kappa shape index (κ2) is 7.20. The molecule has 0 aromatic heterocycles. The average Bonchev–Trinajstić information content (AvgIpc) is 2.39. The number of hydrogen-bond acceptors (Lipinski definition) is 0. The van der Waals surface area contributed by atoms with Crippen LogP contribution in [0.3, 0.4) is 0 Å². The Morgan fingerprint density at radius 3 is 1.50 bits per heavy atom. The molecule has 2 aromatic rings. The summed E-state index contributed by atoms with van der Waals surface area (Å²) in [5, 5.41) is 4.35. The van der Waals surface area contributed by atoms with E-state index in [0.29, 0.717) is 0 Å². The summed E-state index contributed by atoms with van der Waals surface area (Å²) >= 11 is 0. The summed E-state index contributed by atoms with van der Waals surface area (Å²) in [6.45, 7) is 7.58. The van der Waals surface area contributed by atoms with Gasteiger partial charge >= 0.3 is 0 Å². The summed E-state index contributed by atoms with van der Waals surface area (Å²) in [5.74, 6) is 0. The lowest BCUT2D eigenvalue weighted by Crippen LogP contribution is -2.34. The number of benzene rings is 2. The van der Waals surface area contributed by atoms with Crippen molar-refractivity contribution in [3.05, 3.63) is 60.7 Å². The van der Waals surface area contributed by atoms with Crippen LogP contribution in [-0.2, 0) is 0 Å². The minimum absolute atomic E-state index is 0.125. The van der Waals surface area contributed by atoms with E-state index in [1.54, 1.807) is 10.4 Å². The minimum atomic E-state index is -0.959. The first kappa shape index (κ1) is 15.5. The predicted molar refractivity (Wildman–Crippen MR) is 101 cm³/mol. The van der Waals surface area contributed by atoms with Crippen LogP contribution in [0.15, 0.2) is 60.7 Å². The van der Waals surface area contributed by atoms with E-state index in [0.717, 1.165) is 5.16 Å². The lowest BCUT2D eigenvalue weighted by Gasteiger charge is -2.24. The van der Waals surface area contributed by atoms with Crippen molar-refractivity contribution < 1.29 is 0 Å². The van der Waals surface area contributed by atoms with Gasteiger partial charge in [-0.2, -0.15) is 0 Å². The van der Waals surface area contributed by atoms with Gasteiger partial charge in [-0.25, -0.2) is 0 Å². The molecule has 0 fully saturated rings. The summed E-state index contributed by atoms with van der Waals surface area (Å²) in [4.78, 5) is 0. The Morgan fingerprint density at radius 1 is 0.750 bits per heavy atom. The van der Waals surface area contributed by atoms with Gasteiger partial charge in [0.25, 0.3) is 0 Å². The SMILES string of the molecule is C[Si](C)(C)CC([SiH2]c1ccccc1)[SiH2]c1ccccc1. The van der Waals surface area contributed by atoms with E-state index < -0.39 is 8.07 Å². The number of rotatable bonds is 6. The predicted octanol–water partition coefficient (Wildman–Crippen LogP) is 2.06. The molecule has 0 unspecified atom stereocenters. The maximum atomic E-state index is 2.53. The van der Waals surface area contributed by atoms with Crippen LogP contribution in [0.4, 0.5) is 0 Å². The molecular formula is C17H26Si3. The normalized spacial score (nSPS) is 14.3. The third kappa shape index (κ3) is 5.61. The van der Waals surface area contributed by atoms with Crippen molar-refractivity contribution in [1.82, 2.24) is 0 Å². The van der Waals surface area contributed by atoms with Gasteiger partial charge < -0.3 is 0 Å². The maximum Gasteiger partial charge on any atom is 0.0547 e. The smallest absolute Gasteiger partial charge is 0.0547 e. The lowest BCUT2D eigenvalue weighted by atomic mass is 10.4. The highest BCUT2D eigenvalue weighted by molar-refractivity contribution is 6.82. The van der Waals surface area contributed by atoms with Crippen molar-refractivity contribution >= 4 is 37.5 Å². The van der Waals surface area contributed by atoms with Crippen molar-refractivity contribution in [3.63, 3.8) is 0 Å². The average molecular weight is 315 g/mol. The van der Waals surface area contributed by atoms with Gasteiger partial charge in [0, 0.05) is 8.07 Å². The molecule has 0 N–H and O–H groups in total. The molecule has 20 heavy (non-hydrogen) atoms. The van der Waals surface area contributed by atoms with Crippen molar-refractivity contribution in [2.45, 2.75) is 30.8 Å². The second-order valence-corrected chi connectivity index (χ2v) is 18.5. The van der Waals surface area contributed by atoms with Gasteiger partial charge in [-0.15, -0.1) is 0 Å². The van der Waals surface area contributed by atoms with Crippen molar-refractivity contribution in [1.29, 1.82) is 0 Å². The topological polar surface area (TPSA) is 0 Å². The van der Waals surface area contributed by atoms with Crippen molar-refractivity contribution in [2.75, 3.05) is 0 Å². The molecule has 0 amide bonds. The van der Waals surface area contributed by atoms with Gasteiger partial charge in [-0.3, -0.25) is 0 Å². The van der Waals surface area contributed by atoms with Gasteiger partial charge in [-0.05, 0) is 0 Å². The van der Waals surface area contributed by atoms with Gasteiger partial charge in [-0.1, -0.05) is 102 Å². The van der Waals surface area contributed by atoms with Crippen LogP contribution in [0.2, 0.25) is 30.8 Å². The molecule has 0 aliphatic heterocycles. The molecule has 0 spiro atoms. The quantitative estimate of drug-likeness (QED) is 0.716. The molecular weight excluding hydrogens is 288 g/mol. The fourth-order valence-corrected chi connectivity index (χ4v) is 16.1. The van der Waals surface area contributed by atoms with Gasteiger partial charge in [0.05, 0.1) is 19.0 Å². The van der Waals surface area contributed by atoms with Gasteiger partial charge in [0.1, 0.15) is 0 Å². The maximum absolute atomic E-state index is 2.53.